The normalized spacial score (nSPS) is 22.6. The molecule has 0 saturated carbocycles. The number of imidazole rings is 1. The van der Waals surface area contributed by atoms with Gasteiger partial charge in [0.05, 0.1) is 11.0 Å². The van der Waals surface area contributed by atoms with E-state index in [0.717, 1.165) is 62.3 Å². The van der Waals surface area contributed by atoms with Crippen LogP contribution >= 0.6 is 0 Å². The second-order valence-electron chi connectivity index (χ2n) is 7.20. The fourth-order valence-electron chi connectivity index (χ4n) is 4.10. The van der Waals surface area contributed by atoms with Crippen LogP contribution in [0.2, 0.25) is 0 Å². The molecule has 1 atom stereocenters. The summed E-state index contributed by atoms with van der Waals surface area (Å²) in [4.78, 5) is 24.5. The lowest BCUT2D eigenvalue weighted by atomic mass is 9.94. The Morgan fingerprint density at radius 3 is 2.92 bits per heavy atom. The molecule has 4 rings (SSSR count). The Labute approximate surface area is 143 Å². The van der Waals surface area contributed by atoms with Crippen molar-refractivity contribution in [3.63, 3.8) is 0 Å². The Morgan fingerprint density at radius 1 is 1.17 bits per heavy atom. The molecule has 2 aliphatic heterocycles. The maximum atomic E-state index is 11.7. The Morgan fingerprint density at radius 2 is 2.08 bits per heavy atom. The molecule has 5 nitrogen and oxygen atoms in total. The number of piperidine rings is 1. The lowest BCUT2D eigenvalue weighted by Crippen LogP contribution is -2.41. The number of rotatable bonds is 5. The predicted molar refractivity (Wildman–Crippen MR) is 94.8 cm³/mol. The lowest BCUT2D eigenvalue weighted by Gasteiger charge is -2.33. The SMILES string of the molecule is O=C1CCCN1CCN1CCC[C@@H](Cc2nc3ccccc3[nH]2)C1. The number of fused-ring (bicyclic) bond motifs is 1. The topological polar surface area (TPSA) is 52.2 Å². The summed E-state index contributed by atoms with van der Waals surface area (Å²) in [7, 11) is 0. The Kier molecular flexibility index (Phi) is 4.52. The van der Waals surface area contributed by atoms with Gasteiger partial charge in [-0.05, 0) is 43.9 Å². The fourth-order valence-corrected chi connectivity index (χ4v) is 4.10. The Balaban J connectivity index is 1.32. The van der Waals surface area contributed by atoms with E-state index in [1.807, 2.05) is 17.0 Å². The number of nitrogens with zero attached hydrogens (tertiary/aromatic N) is 3. The molecule has 0 radical (unpaired) electrons. The summed E-state index contributed by atoms with van der Waals surface area (Å²) in [6.45, 7) is 5.16. The number of para-hydroxylation sites is 2. The highest BCUT2D eigenvalue weighted by Gasteiger charge is 2.24. The molecule has 0 spiro atoms. The van der Waals surface area contributed by atoms with E-state index in [4.69, 9.17) is 4.98 Å². The van der Waals surface area contributed by atoms with Gasteiger partial charge in [-0.25, -0.2) is 4.98 Å². The minimum absolute atomic E-state index is 0.339. The predicted octanol–water partition coefficient (Wildman–Crippen LogP) is 2.44. The van der Waals surface area contributed by atoms with E-state index in [-0.39, 0.29) is 0 Å². The molecular formula is C19H26N4O. The monoisotopic (exact) mass is 326 g/mol. The third-order valence-corrected chi connectivity index (χ3v) is 5.38. The summed E-state index contributed by atoms with van der Waals surface area (Å²) in [6, 6.07) is 8.24. The van der Waals surface area contributed by atoms with Crippen LogP contribution in [0.1, 0.15) is 31.5 Å². The maximum absolute atomic E-state index is 11.7. The number of carbonyl (C=O) groups is 1. The van der Waals surface area contributed by atoms with Crippen LogP contribution in [0.25, 0.3) is 11.0 Å². The van der Waals surface area contributed by atoms with Gasteiger partial charge in [0, 0.05) is 39.0 Å². The minimum atomic E-state index is 0.339. The third kappa shape index (κ3) is 3.46. The summed E-state index contributed by atoms with van der Waals surface area (Å²) in [5.41, 5.74) is 2.19. The van der Waals surface area contributed by atoms with Gasteiger partial charge >= 0.3 is 0 Å². The van der Waals surface area contributed by atoms with Crippen LogP contribution < -0.4 is 0 Å². The summed E-state index contributed by atoms with van der Waals surface area (Å²) < 4.78 is 0. The highest BCUT2D eigenvalue weighted by molar-refractivity contribution is 5.78. The van der Waals surface area contributed by atoms with Gasteiger partial charge in [0.15, 0.2) is 0 Å². The number of benzene rings is 1. The molecule has 0 aliphatic carbocycles. The molecule has 128 valence electrons. The summed E-state index contributed by atoms with van der Waals surface area (Å²) in [5, 5.41) is 0. The first-order chi connectivity index (χ1) is 11.8. The Bertz CT molecular complexity index is 677. The number of hydrogen-bond acceptors (Lipinski definition) is 3. The Hall–Kier alpha value is -1.88. The van der Waals surface area contributed by atoms with Gasteiger partial charge in [0.25, 0.3) is 0 Å². The molecule has 0 bridgehead atoms. The van der Waals surface area contributed by atoms with Crippen molar-refractivity contribution < 1.29 is 4.79 Å². The number of aromatic amines is 1. The average molecular weight is 326 g/mol. The fraction of sp³-hybridized carbons (Fsp3) is 0.579. The number of aromatic nitrogens is 2. The van der Waals surface area contributed by atoms with Crippen molar-refractivity contribution in [2.75, 3.05) is 32.7 Å². The number of nitrogens with one attached hydrogen (secondary N) is 1. The average Bonchev–Trinajstić information content (AvgIpc) is 3.18. The van der Waals surface area contributed by atoms with Crippen molar-refractivity contribution in [3.05, 3.63) is 30.1 Å². The molecule has 3 heterocycles. The van der Waals surface area contributed by atoms with Crippen LogP contribution in [0.3, 0.4) is 0 Å². The zero-order chi connectivity index (χ0) is 16.4. The molecule has 5 heteroatoms. The number of amides is 1. The molecular weight excluding hydrogens is 300 g/mol. The van der Waals surface area contributed by atoms with Crippen molar-refractivity contribution in [1.82, 2.24) is 19.8 Å². The molecule has 1 N–H and O–H groups in total. The number of carbonyl (C=O) groups excluding carboxylic acids is 1. The highest BCUT2D eigenvalue weighted by Crippen LogP contribution is 2.21. The van der Waals surface area contributed by atoms with Crippen LogP contribution in [0, 0.1) is 5.92 Å². The molecule has 2 aromatic rings. The second-order valence-corrected chi connectivity index (χ2v) is 7.20. The van der Waals surface area contributed by atoms with Crippen molar-refractivity contribution in [2.24, 2.45) is 5.92 Å². The molecule has 1 amide bonds. The molecule has 1 aromatic carbocycles. The van der Waals surface area contributed by atoms with Crippen molar-refractivity contribution >= 4 is 16.9 Å². The second kappa shape index (κ2) is 6.93. The van der Waals surface area contributed by atoms with Gasteiger partial charge in [-0.15, -0.1) is 0 Å². The van der Waals surface area contributed by atoms with Crippen molar-refractivity contribution in [3.8, 4) is 0 Å². The van der Waals surface area contributed by atoms with Gasteiger partial charge in [-0.1, -0.05) is 12.1 Å². The largest absolute Gasteiger partial charge is 0.342 e. The zero-order valence-electron chi connectivity index (χ0n) is 14.2. The first kappa shape index (κ1) is 15.6. The van der Waals surface area contributed by atoms with Crippen LogP contribution in [0.15, 0.2) is 24.3 Å². The van der Waals surface area contributed by atoms with Crippen LogP contribution in [0.5, 0.6) is 0 Å². The first-order valence-electron chi connectivity index (χ1n) is 9.22. The van der Waals surface area contributed by atoms with E-state index >= 15 is 0 Å². The van der Waals surface area contributed by atoms with Gasteiger partial charge < -0.3 is 14.8 Å². The van der Waals surface area contributed by atoms with E-state index < -0.39 is 0 Å². The van der Waals surface area contributed by atoms with E-state index in [9.17, 15) is 4.79 Å². The molecule has 2 saturated heterocycles. The van der Waals surface area contributed by atoms with Gasteiger partial charge in [0.2, 0.25) is 5.91 Å². The molecule has 0 unspecified atom stereocenters. The molecule has 24 heavy (non-hydrogen) atoms. The molecule has 2 aliphatic rings. The first-order valence-corrected chi connectivity index (χ1v) is 9.22. The number of likely N-dealkylation sites (tertiary alicyclic amines) is 2. The van der Waals surface area contributed by atoms with Crippen molar-refractivity contribution in [1.29, 1.82) is 0 Å². The zero-order valence-corrected chi connectivity index (χ0v) is 14.2. The van der Waals surface area contributed by atoms with Crippen LogP contribution in [-0.4, -0.2) is 58.4 Å². The number of H-pyrrole nitrogens is 1. The van der Waals surface area contributed by atoms with Crippen LogP contribution in [0.4, 0.5) is 0 Å². The smallest absolute Gasteiger partial charge is 0.222 e. The van der Waals surface area contributed by atoms with E-state index in [1.165, 1.54) is 19.4 Å². The van der Waals surface area contributed by atoms with E-state index in [2.05, 4.69) is 22.0 Å². The lowest BCUT2D eigenvalue weighted by molar-refractivity contribution is -0.127. The van der Waals surface area contributed by atoms with Gasteiger partial charge in [-0.2, -0.15) is 0 Å². The summed E-state index contributed by atoms with van der Waals surface area (Å²) >= 11 is 0. The van der Waals surface area contributed by atoms with Crippen molar-refractivity contribution in [2.45, 2.75) is 32.1 Å². The minimum Gasteiger partial charge on any atom is -0.342 e. The van der Waals surface area contributed by atoms with Crippen LogP contribution in [-0.2, 0) is 11.2 Å². The third-order valence-electron chi connectivity index (χ3n) is 5.38. The highest BCUT2D eigenvalue weighted by atomic mass is 16.2. The van der Waals surface area contributed by atoms with Gasteiger partial charge in [-0.3, -0.25) is 4.79 Å². The standard InChI is InChI=1S/C19H26N4O/c24-19-8-4-10-23(19)12-11-22-9-3-5-15(14-22)13-18-20-16-6-1-2-7-17(16)21-18/h1-2,6-7,15H,3-5,8-14H2,(H,20,21)/t15-/m0/s1. The summed E-state index contributed by atoms with van der Waals surface area (Å²) in [6.07, 6.45) is 5.32. The van der Waals surface area contributed by atoms with E-state index in [0.29, 0.717) is 11.8 Å². The van der Waals surface area contributed by atoms with E-state index in [1.54, 1.807) is 0 Å². The van der Waals surface area contributed by atoms with Gasteiger partial charge in [0.1, 0.15) is 5.82 Å². The number of hydrogen-bond donors (Lipinski definition) is 1. The molecule has 2 fully saturated rings. The quantitative estimate of drug-likeness (QED) is 0.918. The summed E-state index contributed by atoms with van der Waals surface area (Å²) in [5.74, 6) is 2.11. The maximum Gasteiger partial charge on any atom is 0.222 e. The molecule has 1 aromatic heterocycles.